The molecule has 1 saturated heterocycles. The zero-order chi connectivity index (χ0) is 14.0. The van der Waals surface area contributed by atoms with Gasteiger partial charge in [-0.3, -0.25) is 0 Å². The number of carbonyl (C=O) groups excluding carboxylic acids is 1. The molecule has 0 bridgehead atoms. The maximum absolute atomic E-state index is 12.2. The van der Waals surface area contributed by atoms with Gasteiger partial charge in [0, 0.05) is 13.1 Å². The Labute approximate surface area is 106 Å². The van der Waals surface area contributed by atoms with Crippen molar-refractivity contribution in [3.05, 3.63) is 0 Å². The van der Waals surface area contributed by atoms with Crippen molar-refractivity contribution in [2.24, 2.45) is 0 Å². The summed E-state index contributed by atoms with van der Waals surface area (Å²) in [5.74, 6) is 0. The molecule has 0 unspecified atom stereocenters. The second kappa shape index (κ2) is 5.38. The maximum Gasteiger partial charge on any atom is 0.410 e. The minimum atomic E-state index is -2.77. The number of hydrogen-bond acceptors (Lipinski definition) is 3. The van der Waals surface area contributed by atoms with E-state index < -0.39 is 23.9 Å². The topological polar surface area (TPSA) is 38.8 Å². The van der Waals surface area contributed by atoms with Gasteiger partial charge in [0.2, 0.25) is 0 Å². The molecule has 0 spiro atoms. The Kier molecular flexibility index (Phi) is 4.53. The van der Waals surface area contributed by atoms with Gasteiger partial charge in [-0.25, -0.2) is 4.79 Å². The Morgan fingerprint density at radius 2 is 1.78 bits per heavy atom. The van der Waals surface area contributed by atoms with E-state index in [1.165, 1.54) is 4.90 Å². The summed E-state index contributed by atoms with van der Waals surface area (Å²) in [6, 6.07) is 0. The zero-order valence-corrected chi connectivity index (χ0v) is 11.3. The summed E-state index contributed by atoms with van der Waals surface area (Å²) in [4.78, 5) is 13.3. The van der Waals surface area contributed by atoms with Crippen molar-refractivity contribution < 1.29 is 23.0 Å². The van der Waals surface area contributed by atoms with Crippen molar-refractivity contribution in [2.75, 3.05) is 13.1 Å². The first-order valence-corrected chi connectivity index (χ1v) is 6.05. The van der Waals surface area contributed by atoms with Crippen LogP contribution in [0.15, 0.2) is 0 Å². The number of ether oxygens (including phenoxy) is 2. The average Bonchev–Trinajstić information content (AvgIpc) is 2.13. The molecule has 0 aromatic rings. The van der Waals surface area contributed by atoms with Crippen LogP contribution in [0.4, 0.5) is 13.6 Å². The third-order valence-electron chi connectivity index (χ3n) is 2.85. The summed E-state index contributed by atoms with van der Waals surface area (Å²) in [6.07, 6.45) is 0.370. The number of nitrogens with zero attached hydrogens (tertiary/aromatic N) is 1. The lowest BCUT2D eigenvalue weighted by Gasteiger charge is -2.39. The minimum absolute atomic E-state index is 0.373. The van der Waals surface area contributed by atoms with E-state index in [9.17, 15) is 13.6 Å². The van der Waals surface area contributed by atoms with Gasteiger partial charge in [0.1, 0.15) is 5.60 Å². The number of likely N-dealkylation sites (tertiary alicyclic amines) is 1. The van der Waals surface area contributed by atoms with Crippen LogP contribution in [0.1, 0.15) is 40.5 Å². The van der Waals surface area contributed by atoms with Gasteiger partial charge in [0.15, 0.2) is 0 Å². The fourth-order valence-electron chi connectivity index (χ4n) is 1.82. The highest BCUT2D eigenvalue weighted by atomic mass is 19.3. The van der Waals surface area contributed by atoms with E-state index in [2.05, 4.69) is 4.74 Å². The number of rotatable bonds is 2. The highest BCUT2D eigenvalue weighted by Crippen LogP contribution is 2.28. The van der Waals surface area contributed by atoms with E-state index in [0.29, 0.717) is 25.9 Å². The lowest BCUT2D eigenvalue weighted by Crippen LogP contribution is -2.48. The number of halogens is 2. The van der Waals surface area contributed by atoms with Crippen LogP contribution < -0.4 is 0 Å². The van der Waals surface area contributed by atoms with Crippen molar-refractivity contribution in [3.8, 4) is 0 Å². The van der Waals surface area contributed by atoms with E-state index >= 15 is 0 Å². The molecule has 1 aliphatic rings. The maximum atomic E-state index is 12.2. The zero-order valence-electron chi connectivity index (χ0n) is 11.3. The number of alkyl halides is 2. The van der Waals surface area contributed by atoms with Crippen LogP contribution in [0.25, 0.3) is 0 Å². The molecule has 0 atom stereocenters. The molecule has 1 rings (SSSR count). The van der Waals surface area contributed by atoms with Gasteiger partial charge >= 0.3 is 12.7 Å². The van der Waals surface area contributed by atoms with Gasteiger partial charge in [0.05, 0.1) is 5.60 Å². The predicted octanol–water partition coefficient (Wildman–Crippen LogP) is 3.02. The molecule has 0 aliphatic carbocycles. The molecular weight excluding hydrogens is 244 g/mol. The number of carbonyl (C=O) groups is 1. The van der Waals surface area contributed by atoms with Gasteiger partial charge in [-0.15, -0.1) is 0 Å². The molecule has 0 aromatic heterocycles. The summed E-state index contributed by atoms with van der Waals surface area (Å²) in [5.41, 5.74) is -1.40. The Hall–Kier alpha value is -0.910. The first-order valence-electron chi connectivity index (χ1n) is 6.05. The molecule has 4 nitrogen and oxygen atoms in total. The lowest BCUT2D eigenvalue weighted by molar-refractivity contribution is -0.214. The summed E-state index contributed by atoms with van der Waals surface area (Å²) in [7, 11) is 0. The number of amides is 1. The molecular formula is C12H21F2NO3. The summed E-state index contributed by atoms with van der Waals surface area (Å²) in [6.45, 7) is 4.99. The smallest absolute Gasteiger partial charge is 0.410 e. The van der Waals surface area contributed by atoms with Gasteiger partial charge in [-0.1, -0.05) is 0 Å². The van der Waals surface area contributed by atoms with Crippen molar-refractivity contribution in [1.29, 1.82) is 0 Å². The van der Waals surface area contributed by atoms with E-state index in [4.69, 9.17) is 4.74 Å². The van der Waals surface area contributed by atoms with Crippen LogP contribution in [0, 0.1) is 0 Å². The fourth-order valence-corrected chi connectivity index (χ4v) is 1.82. The normalized spacial score (nSPS) is 20.1. The molecule has 1 heterocycles. The molecule has 0 radical (unpaired) electrons. The minimum Gasteiger partial charge on any atom is -0.444 e. The Balaban J connectivity index is 2.46. The molecule has 1 aliphatic heterocycles. The second-order valence-corrected chi connectivity index (χ2v) is 5.80. The molecule has 0 N–H and O–H groups in total. The SMILES string of the molecule is CC(C)(C)OC(=O)N1CCC(C)(OC(F)F)CC1. The highest BCUT2D eigenvalue weighted by molar-refractivity contribution is 5.68. The van der Waals surface area contributed by atoms with Gasteiger partial charge in [-0.05, 0) is 40.5 Å². The lowest BCUT2D eigenvalue weighted by atomic mass is 9.94. The molecule has 0 aromatic carbocycles. The quantitative estimate of drug-likeness (QED) is 0.770. The Morgan fingerprint density at radius 1 is 1.28 bits per heavy atom. The second-order valence-electron chi connectivity index (χ2n) is 5.80. The molecule has 1 amide bonds. The third-order valence-corrected chi connectivity index (χ3v) is 2.85. The van der Waals surface area contributed by atoms with Crippen LogP contribution >= 0.6 is 0 Å². The van der Waals surface area contributed by atoms with Gasteiger partial charge < -0.3 is 14.4 Å². The monoisotopic (exact) mass is 265 g/mol. The van der Waals surface area contributed by atoms with Crippen LogP contribution in [0.3, 0.4) is 0 Å². The Bertz CT molecular complexity index is 294. The van der Waals surface area contributed by atoms with Crippen molar-refractivity contribution in [1.82, 2.24) is 4.90 Å². The average molecular weight is 265 g/mol. The van der Waals surface area contributed by atoms with Crippen LogP contribution in [-0.4, -0.2) is 41.9 Å². The first kappa shape index (κ1) is 15.1. The summed E-state index contributed by atoms with van der Waals surface area (Å²) >= 11 is 0. The van der Waals surface area contributed by atoms with Crippen LogP contribution in [0.2, 0.25) is 0 Å². The first-order chi connectivity index (χ1) is 8.11. The molecule has 106 valence electrons. The number of hydrogen-bond donors (Lipinski definition) is 0. The summed E-state index contributed by atoms with van der Waals surface area (Å²) in [5, 5.41) is 0. The standard InChI is InChI=1S/C12H21F2NO3/c1-11(2,3)18-10(16)15-7-5-12(4,6-8-15)17-9(13)14/h9H,5-8H2,1-4H3. The number of piperidine rings is 1. The van der Waals surface area contributed by atoms with Gasteiger partial charge in [0.25, 0.3) is 0 Å². The Morgan fingerprint density at radius 3 is 2.17 bits per heavy atom. The largest absolute Gasteiger partial charge is 0.444 e. The van der Waals surface area contributed by atoms with E-state index in [1.54, 1.807) is 27.7 Å². The molecule has 18 heavy (non-hydrogen) atoms. The van der Waals surface area contributed by atoms with Crippen molar-refractivity contribution in [3.63, 3.8) is 0 Å². The third kappa shape index (κ3) is 4.76. The molecule has 0 saturated carbocycles. The van der Waals surface area contributed by atoms with Crippen LogP contribution in [0.5, 0.6) is 0 Å². The van der Waals surface area contributed by atoms with E-state index in [0.717, 1.165) is 0 Å². The van der Waals surface area contributed by atoms with E-state index in [-0.39, 0.29) is 0 Å². The van der Waals surface area contributed by atoms with E-state index in [1.807, 2.05) is 0 Å². The molecule has 6 heteroatoms. The van der Waals surface area contributed by atoms with Crippen LogP contribution in [-0.2, 0) is 9.47 Å². The fraction of sp³-hybridized carbons (Fsp3) is 0.917. The van der Waals surface area contributed by atoms with Crippen molar-refractivity contribution >= 4 is 6.09 Å². The molecule has 1 fully saturated rings. The van der Waals surface area contributed by atoms with Gasteiger partial charge in [-0.2, -0.15) is 8.78 Å². The predicted molar refractivity (Wildman–Crippen MR) is 62.5 cm³/mol. The highest BCUT2D eigenvalue weighted by Gasteiger charge is 2.36. The van der Waals surface area contributed by atoms with Crippen molar-refractivity contribution in [2.45, 2.75) is 58.4 Å². The summed E-state index contributed by atoms with van der Waals surface area (Å²) < 4.78 is 34.3.